The number of thioether (sulfide) groups is 1. The van der Waals surface area contributed by atoms with E-state index in [9.17, 15) is 9.59 Å². The summed E-state index contributed by atoms with van der Waals surface area (Å²) in [7, 11) is 0. The second-order valence-corrected chi connectivity index (χ2v) is 7.27. The topological polar surface area (TPSA) is 91.0 Å². The van der Waals surface area contributed by atoms with Crippen molar-refractivity contribution in [2.75, 3.05) is 44.2 Å². The third kappa shape index (κ3) is 4.66. The molecule has 25 heavy (non-hydrogen) atoms. The second kappa shape index (κ2) is 8.24. The molecule has 2 amide bonds. The molecule has 8 heteroatoms. The van der Waals surface area contributed by atoms with Crippen LogP contribution in [0.4, 0.5) is 0 Å². The van der Waals surface area contributed by atoms with Gasteiger partial charge in [0.25, 0.3) is 5.91 Å². The maximum atomic E-state index is 12.4. The normalized spacial score (nSPS) is 18.9. The summed E-state index contributed by atoms with van der Waals surface area (Å²) in [5, 5.41) is 2.72. The van der Waals surface area contributed by atoms with Gasteiger partial charge in [0.05, 0.1) is 13.1 Å². The van der Waals surface area contributed by atoms with Crippen LogP contribution in [0.1, 0.15) is 15.9 Å². The van der Waals surface area contributed by atoms with E-state index in [0.29, 0.717) is 31.2 Å². The van der Waals surface area contributed by atoms with Gasteiger partial charge >= 0.3 is 0 Å². The molecule has 1 aromatic carbocycles. The van der Waals surface area contributed by atoms with Crippen LogP contribution < -0.4 is 11.1 Å². The van der Waals surface area contributed by atoms with Gasteiger partial charge in [0.1, 0.15) is 0 Å². The highest BCUT2D eigenvalue weighted by atomic mass is 32.2. The summed E-state index contributed by atoms with van der Waals surface area (Å²) in [5.41, 5.74) is 7.64. The Morgan fingerprint density at radius 3 is 2.56 bits per heavy atom. The number of hydrogen-bond acceptors (Lipinski definition) is 4. The molecule has 0 unspecified atom stereocenters. The molecule has 0 aromatic heterocycles. The average Bonchev–Trinajstić information content (AvgIpc) is 2.66. The molecule has 2 aliphatic rings. The first-order valence-corrected chi connectivity index (χ1v) is 9.56. The van der Waals surface area contributed by atoms with Gasteiger partial charge in [-0.05, 0) is 17.7 Å². The van der Waals surface area contributed by atoms with Crippen molar-refractivity contribution in [1.82, 2.24) is 15.1 Å². The predicted octanol–water partition coefficient (Wildman–Crippen LogP) is 0.122. The molecule has 3 rings (SSSR count). The third-order valence-electron chi connectivity index (χ3n) is 4.29. The molecule has 0 aliphatic carbocycles. The van der Waals surface area contributed by atoms with Crippen LogP contribution in [-0.2, 0) is 11.3 Å². The van der Waals surface area contributed by atoms with E-state index in [1.54, 1.807) is 17.0 Å². The highest BCUT2D eigenvalue weighted by Gasteiger charge is 2.22. The van der Waals surface area contributed by atoms with E-state index in [4.69, 9.17) is 5.73 Å². The molecule has 1 aromatic rings. The Morgan fingerprint density at radius 1 is 1.16 bits per heavy atom. The first kappa shape index (κ1) is 17.6. The summed E-state index contributed by atoms with van der Waals surface area (Å²) in [6.07, 6.45) is 0. The number of nitrogens with one attached hydrogen (secondary N) is 1. The van der Waals surface area contributed by atoms with E-state index >= 15 is 0 Å². The molecule has 2 saturated heterocycles. The Kier molecular flexibility index (Phi) is 5.80. The van der Waals surface area contributed by atoms with E-state index in [1.807, 2.05) is 23.9 Å². The van der Waals surface area contributed by atoms with Crippen molar-refractivity contribution in [1.29, 1.82) is 0 Å². The number of nitrogens with two attached hydrogens (primary N) is 1. The smallest absolute Gasteiger partial charge is 0.254 e. The second-order valence-electron chi connectivity index (χ2n) is 6.05. The van der Waals surface area contributed by atoms with Crippen molar-refractivity contribution in [3.05, 3.63) is 35.4 Å². The number of carbonyl (C=O) groups is 2. The average molecular weight is 361 g/mol. The van der Waals surface area contributed by atoms with E-state index < -0.39 is 0 Å². The van der Waals surface area contributed by atoms with Crippen molar-refractivity contribution in [2.24, 2.45) is 10.7 Å². The minimum Gasteiger partial charge on any atom is -0.370 e. The first-order chi connectivity index (χ1) is 12.1. The van der Waals surface area contributed by atoms with Crippen LogP contribution in [0, 0.1) is 0 Å². The van der Waals surface area contributed by atoms with Crippen molar-refractivity contribution < 1.29 is 9.59 Å². The zero-order valence-corrected chi connectivity index (χ0v) is 14.9. The van der Waals surface area contributed by atoms with Gasteiger partial charge in [-0.1, -0.05) is 12.1 Å². The van der Waals surface area contributed by atoms with Gasteiger partial charge in [0.2, 0.25) is 5.91 Å². The summed E-state index contributed by atoms with van der Waals surface area (Å²) in [5.74, 6) is 2.52. The summed E-state index contributed by atoms with van der Waals surface area (Å²) >= 11 is 1.93. The molecule has 3 N–H and O–H groups in total. The Hall–Kier alpha value is -2.22. The molecule has 0 saturated carbocycles. The fourth-order valence-corrected chi connectivity index (χ4v) is 3.72. The van der Waals surface area contributed by atoms with Gasteiger partial charge in [0, 0.05) is 43.2 Å². The molecule has 0 radical (unpaired) electrons. The number of carbonyl (C=O) groups excluding carboxylic acids is 2. The quantitative estimate of drug-likeness (QED) is 0.590. The van der Waals surface area contributed by atoms with Gasteiger partial charge in [-0.25, -0.2) is 4.99 Å². The third-order valence-corrected chi connectivity index (χ3v) is 5.23. The van der Waals surface area contributed by atoms with Crippen LogP contribution >= 0.6 is 11.8 Å². The lowest BCUT2D eigenvalue weighted by molar-refractivity contribution is -0.123. The molecule has 0 atom stereocenters. The van der Waals surface area contributed by atoms with Gasteiger partial charge in [-0.3, -0.25) is 9.59 Å². The van der Waals surface area contributed by atoms with E-state index in [0.717, 1.165) is 30.2 Å². The van der Waals surface area contributed by atoms with E-state index in [1.165, 1.54) is 0 Å². The van der Waals surface area contributed by atoms with Crippen molar-refractivity contribution in [2.45, 2.75) is 6.54 Å². The van der Waals surface area contributed by atoms with Crippen LogP contribution in [0.15, 0.2) is 29.3 Å². The lowest BCUT2D eigenvalue weighted by Crippen LogP contribution is -2.49. The fraction of sp³-hybridized carbons (Fsp3) is 0.471. The molecular weight excluding hydrogens is 338 g/mol. The number of aliphatic imine (C=N–C) groups is 1. The Bertz CT molecular complexity index is 656. The van der Waals surface area contributed by atoms with Crippen LogP contribution in [0.2, 0.25) is 0 Å². The highest BCUT2D eigenvalue weighted by molar-refractivity contribution is 7.99. The number of piperazine rings is 1. The van der Waals surface area contributed by atoms with Crippen molar-refractivity contribution >= 4 is 29.5 Å². The van der Waals surface area contributed by atoms with E-state index in [2.05, 4.69) is 15.2 Å². The molecule has 2 heterocycles. The monoisotopic (exact) mass is 361 g/mol. The Morgan fingerprint density at radius 2 is 1.88 bits per heavy atom. The zero-order chi connectivity index (χ0) is 17.6. The molecule has 0 bridgehead atoms. The SMILES string of the molecule is NC(=NCc1ccc(C(=O)N2CCNC(=O)C2)cc1)N1CCSCC1. The predicted molar refractivity (Wildman–Crippen MR) is 99.6 cm³/mol. The van der Waals surface area contributed by atoms with Gasteiger partial charge < -0.3 is 20.9 Å². The standard InChI is InChI=1S/C17H23N5O2S/c18-17(21-7-9-25-10-8-21)20-11-13-1-3-14(4-2-13)16(24)22-6-5-19-15(23)12-22/h1-4H,5-12H2,(H2,18,20)(H,19,23). The zero-order valence-electron chi connectivity index (χ0n) is 14.1. The van der Waals surface area contributed by atoms with Gasteiger partial charge in [-0.15, -0.1) is 0 Å². The highest BCUT2D eigenvalue weighted by Crippen LogP contribution is 2.11. The number of hydrogen-bond donors (Lipinski definition) is 2. The van der Waals surface area contributed by atoms with Crippen molar-refractivity contribution in [3.63, 3.8) is 0 Å². The molecule has 7 nitrogen and oxygen atoms in total. The van der Waals surface area contributed by atoms with Crippen LogP contribution in [0.3, 0.4) is 0 Å². The maximum absolute atomic E-state index is 12.4. The minimum absolute atomic E-state index is 0.114. The lowest BCUT2D eigenvalue weighted by Gasteiger charge is -2.27. The van der Waals surface area contributed by atoms with Crippen LogP contribution in [0.25, 0.3) is 0 Å². The van der Waals surface area contributed by atoms with Crippen molar-refractivity contribution in [3.8, 4) is 0 Å². The number of benzene rings is 1. The van der Waals surface area contributed by atoms with Crippen LogP contribution in [0.5, 0.6) is 0 Å². The summed E-state index contributed by atoms with van der Waals surface area (Å²) < 4.78 is 0. The molecule has 134 valence electrons. The molecule has 2 fully saturated rings. The summed E-state index contributed by atoms with van der Waals surface area (Å²) in [6, 6.07) is 7.35. The first-order valence-electron chi connectivity index (χ1n) is 8.41. The Labute approximate surface area is 151 Å². The molecule has 2 aliphatic heterocycles. The lowest BCUT2D eigenvalue weighted by atomic mass is 10.1. The molecular formula is C17H23N5O2S. The number of guanidine groups is 1. The number of amides is 2. The number of rotatable bonds is 3. The summed E-state index contributed by atoms with van der Waals surface area (Å²) in [4.78, 5) is 32.0. The minimum atomic E-state index is -0.116. The summed E-state index contributed by atoms with van der Waals surface area (Å²) in [6.45, 7) is 3.55. The number of nitrogens with zero attached hydrogens (tertiary/aromatic N) is 3. The molecule has 0 spiro atoms. The Balaban J connectivity index is 1.58. The van der Waals surface area contributed by atoms with E-state index in [-0.39, 0.29) is 18.4 Å². The van der Waals surface area contributed by atoms with Crippen LogP contribution in [-0.4, -0.2) is 71.8 Å². The van der Waals surface area contributed by atoms with Gasteiger partial charge in [-0.2, -0.15) is 11.8 Å². The largest absolute Gasteiger partial charge is 0.370 e. The maximum Gasteiger partial charge on any atom is 0.254 e. The fourth-order valence-electron chi connectivity index (χ4n) is 2.81. The van der Waals surface area contributed by atoms with Gasteiger partial charge in [0.15, 0.2) is 5.96 Å².